The van der Waals surface area contributed by atoms with Gasteiger partial charge in [0.15, 0.2) is 5.78 Å². The van der Waals surface area contributed by atoms with Gasteiger partial charge in [0.1, 0.15) is 5.41 Å². The first-order valence-corrected chi connectivity index (χ1v) is 5.99. The van der Waals surface area contributed by atoms with E-state index in [9.17, 15) is 9.59 Å². The maximum absolute atomic E-state index is 12.1. The molecule has 1 rings (SSSR count). The van der Waals surface area contributed by atoms with Crippen molar-refractivity contribution in [3.8, 4) is 0 Å². The Morgan fingerprint density at radius 2 is 1.88 bits per heavy atom. The molecular formula is C12H21NO4. The number of nitrogens with zero attached hydrogens (tertiary/aromatic N) is 1. The van der Waals surface area contributed by atoms with E-state index in [-0.39, 0.29) is 12.3 Å². The first-order chi connectivity index (χ1) is 7.98. The van der Waals surface area contributed by atoms with Crippen LogP contribution in [0.1, 0.15) is 20.8 Å². The molecule has 1 heterocycles. The zero-order valence-corrected chi connectivity index (χ0v) is 10.8. The largest absolute Gasteiger partial charge is 0.465 e. The molecule has 0 amide bonds. The molecule has 0 aromatic rings. The summed E-state index contributed by atoms with van der Waals surface area (Å²) in [5, 5.41) is 0. The van der Waals surface area contributed by atoms with Crippen molar-refractivity contribution in [1.29, 1.82) is 0 Å². The standard InChI is InChI=1S/C12H21NO4/c1-4-17-11(15)12(2,3)10(14)9-13-5-7-16-8-6-13/h4-9H2,1-3H3. The van der Waals surface area contributed by atoms with Crippen molar-refractivity contribution in [3.63, 3.8) is 0 Å². The van der Waals surface area contributed by atoms with E-state index in [1.807, 2.05) is 4.90 Å². The Morgan fingerprint density at radius 3 is 2.41 bits per heavy atom. The number of ether oxygens (including phenoxy) is 2. The van der Waals surface area contributed by atoms with Crippen LogP contribution in [0, 0.1) is 5.41 Å². The summed E-state index contributed by atoms with van der Waals surface area (Å²) >= 11 is 0. The van der Waals surface area contributed by atoms with Gasteiger partial charge < -0.3 is 9.47 Å². The molecule has 1 aliphatic heterocycles. The number of carbonyl (C=O) groups excluding carboxylic acids is 2. The topological polar surface area (TPSA) is 55.8 Å². The van der Waals surface area contributed by atoms with Crippen LogP contribution in [0.4, 0.5) is 0 Å². The number of ketones is 1. The molecule has 17 heavy (non-hydrogen) atoms. The van der Waals surface area contributed by atoms with Crippen molar-refractivity contribution in [2.45, 2.75) is 20.8 Å². The van der Waals surface area contributed by atoms with Gasteiger partial charge in [-0.25, -0.2) is 0 Å². The lowest BCUT2D eigenvalue weighted by Gasteiger charge is -2.29. The maximum Gasteiger partial charge on any atom is 0.319 e. The highest BCUT2D eigenvalue weighted by atomic mass is 16.5. The molecule has 0 aromatic carbocycles. The number of rotatable bonds is 5. The van der Waals surface area contributed by atoms with Gasteiger partial charge in [0.2, 0.25) is 0 Å². The Balaban J connectivity index is 2.52. The van der Waals surface area contributed by atoms with Gasteiger partial charge in [0.25, 0.3) is 0 Å². The van der Waals surface area contributed by atoms with Gasteiger partial charge in [-0.1, -0.05) is 0 Å². The van der Waals surface area contributed by atoms with Gasteiger partial charge in [0.05, 0.1) is 26.4 Å². The van der Waals surface area contributed by atoms with Gasteiger partial charge in [-0.15, -0.1) is 0 Å². The van der Waals surface area contributed by atoms with Gasteiger partial charge >= 0.3 is 5.97 Å². The summed E-state index contributed by atoms with van der Waals surface area (Å²) in [4.78, 5) is 25.7. The SMILES string of the molecule is CCOC(=O)C(C)(C)C(=O)CN1CCOCC1. The van der Waals surface area contributed by atoms with E-state index in [4.69, 9.17) is 9.47 Å². The summed E-state index contributed by atoms with van der Waals surface area (Å²) in [6.45, 7) is 8.33. The Bertz CT molecular complexity index is 282. The second-order valence-electron chi connectivity index (χ2n) is 4.66. The van der Waals surface area contributed by atoms with E-state index in [0.29, 0.717) is 19.8 Å². The zero-order chi connectivity index (χ0) is 12.9. The van der Waals surface area contributed by atoms with Crippen LogP contribution in [0.5, 0.6) is 0 Å². The molecule has 0 unspecified atom stereocenters. The maximum atomic E-state index is 12.1. The molecule has 0 spiro atoms. The van der Waals surface area contributed by atoms with Gasteiger partial charge in [-0.2, -0.15) is 0 Å². The normalized spacial score (nSPS) is 17.8. The summed E-state index contributed by atoms with van der Waals surface area (Å²) in [6, 6.07) is 0. The molecule has 0 saturated carbocycles. The summed E-state index contributed by atoms with van der Waals surface area (Å²) in [6.07, 6.45) is 0. The van der Waals surface area contributed by atoms with Crippen LogP contribution in [0.3, 0.4) is 0 Å². The smallest absolute Gasteiger partial charge is 0.319 e. The first-order valence-electron chi connectivity index (χ1n) is 5.99. The lowest BCUT2D eigenvalue weighted by Crippen LogP contribution is -2.45. The summed E-state index contributed by atoms with van der Waals surface area (Å²) in [7, 11) is 0. The zero-order valence-electron chi connectivity index (χ0n) is 10.8. The van der Waals surface area contributed by atoms with Crippen LogP contribution < -0.4 is 0 Å². The van der Waals surface area contributed by atoms with E-state index >= 15 is 0 Å². The Hall–Kier alpha value is -0.940. The molecule has 0 aromatic heterocycles. The van der Waals surface area contributed by atoms with Crippen LogP contribution in [-0.4, -0.2) is 56.1 Å². The van der Waals surface area contributed by atoms with Crippen molar-refractivity contribution >= 4 is 11.8 Å². The molecule has 0 atom stereocenters. The second-order valence-corrected chi connectivity index (χ2v) is 4.66. The number of hydrogen-bond donors (Lipinski definition) is 0. The van der Waals surface area contributed by atoms with Crippen LogP contribution in [0.15, 0.2) is 0 Å². The number of carbonyl (C=O) groups is 2. The third kappa shape index (κ3) is 3.78. The van der Waals surface area contributed by atoms with Crippen molar-refractivity contribution < 1.29 is 19.1 Å². The molecule has 1 aliphatic rings. The monoisotopic (exact) mass is 243 g/mol. The fourth-order valence-corrected chi connectivity index (χ4v) is 1.59. The first kappa shape index (κ1) is 14.1. The average Bonchev–Trinajstić information content (AvgIpc) is 2.30. The highest BCUT2D eigenvalue weighted by Crippen LogP contribution is 2.19. The molecule has 1 fully saturated rings. The lowest BCUT2D eigenvalue weighted by atomic mass is 9.88. The van der Waals surface area contributed by atoms with Crippen LogP contribution in [-0.2, 0) is 19.1 Å². The lowest BCUT2D eigenvalue weighted by molar-refractivity contribution is -0.158. The van der Waals surface area contributed by atoms with Gasteiger partial charge in [-0.3, -0.25) is 14.5 Å². The van der Waals surface area contributed by atoms with E-state index in [2.05, 4.69) is 0 Å². The molecule has 0 radical (unpaired) electrons. The fraction of sp³-hybridized carbons (Fsp3) is 0.833. The number of esters is 1. The number of morpholine rings is 1. The predicted octanol–water partition coefficient (Wildman–Crippen LogP) is 0.477. The molecule has 98 valence electrons. The van der Waals surface area contributed by atoms with Crippen LogP contribution in [0.25, 0.3) is 0 Å². The summed E-state index contributed by atoms with van der Waals surface area (Å²) in [5.41, 5.74) is -1.06. The Labute approximate surface area is 102 Å². The number of hydrogen-bond acceptors (Lipinski definition) is 5. The van der Waals surface area contributed by atoms with Crippen molar-refractivity contribution in [1.82, 2.24) is 4.90 Å². The van der Waals surface area contributed by atoms with Crippen LogP contribution in [0.2, 0.25) is 0 Å². The van der Waals surface area contributed by atoms with Gasteiger partial charge in [-0.05, 0) is 20.8 Å². The molecule has 0 N–H and O–H groups in total. The molecule has 1 saturated heterocycles. The third-order valence-corrected chi connectivity index (χ3v) is 2.95. The van der Waals surface area contributed by atoms with E-state index < -0.39 is 11.4 Å². The average molecular weight is 243 g/mol. The van der Waals surface area contributed by atoms with Gasteiger partial charge in [0, 0.05) is 13.1 Å². The fourth-order valence-electron chi connectivity index (χ4n) is 1.59. The third-order valence-electron chi connectivity index (χ3n) is 2.95. The molecule has 5 nitrogen and oxygen atoms in total. The quantitative estimate of drug-likeness (QED) is 0.519. The minimum Gasteiger partial charge on any atom is -0.465 e. The van der Waals surface area contributed by atoms with Crippen molar-refractivity contribution in [2.75, 3.05) is 39.5 Å². The van der Waals surface area contributed by atoms with E-state index in [0.717, 1.165) is 13.1 Å². The summed E-state index contributed by atoms with van der Waals surface area (Å²) < 4.78 is 10.1. The molecule has 0 bridgehead atoms. The minimum absolute atomic E-state index is 0.0992. The predicted molar refractivity (Wildman–Crippen MR) is 62.7 cm³/mol. The molecule has 0 aliphatic carbocycles. The Morgan fingerprint density at radius 1 is 1.29 bits per heavy atom. The highest BCUT2D eigenvalue weighted by molar-refractivity contribution is 6.03. The highest BCUT2D eigenvalue weighted by Gasteiger charge is 2.37. The number of Topliss-reactive ketones (excluding diaryl/α,β-unsaturated/α-hetero) is 1. The van der Waals surface area contributed by atoms with Crippen LogP contribution >= 0.6 is 0 Å². The Kier molecular flexibility index (Phi) is 5.08. The minimum atomic E-state index is -1.06. The van der Waals surface area contributed by atoms with E-state index in [1.165, 1.54) is 0 Å². The van der Waals surface area contributed by atoms with Crippen molar-refractivity contribution in [3.05, 3.63) is 0 Å². The van der Waals surface area contributed by atoms with Crippen molar-refractivity contribution in [2.24, 2.45) is 5.41 Å². The molecular weight excluding hydrogens is 222 g/mol. The summed E-state index contributed by atoms with van der Waals surface area (Å²) in [5.74, 6) is -0.545. The molecule has 5 heteroatoms. The van der Waals surface area contributed by atoms with E-state index in [1.54, 1.807) is 20.8 Å². The second kappa shape index (κ2) is 6.12.